The van der Waals surface area contributed by atoms with Crippen molar-refractivity contribution in [2.45, 2.75) is 44.6 Å². The van der Waals surface area contributed by atoms with E-state index in [4.69, 9.17) is 0 Å². The van der Waals surface area contributed by atoms with Crippen molar-refractivity contribution in [2.75, 3.05) is 73.0 Å². The van der Waals surface area contributed by atoms with Crippen LogP contribution in [-0.4, -0.2) is 98.6 Å². The predicted molar refractivity (Wildman–Crippen MR) is 100 cm³/mol. The first-order valence-corrected chi connectivity index (χ1v) is 10.5. The fourth-order valence-electron chi connectivity index (χ4n) is 5.67. The van der Waals surface area contributed by atoms with Gasteiger partial charge in [-0.2, -0.15) is 0 Å². The van der Waals surface area contributed by atoms with Gasteiger partial charge in [-0.3, -0.25) is 0 Å². The van der Waals surface area contributed by atoms with E-state index >= 15 is 0 Å². The second kappa shape index (κ2) is 7.22. The summed E-state index contributed by atoms with van der Waals surface area (Å²) in [5, 5.41) is 0. The highest BCUT2D eigenvalue weighted by molar-refractivity contribution is 4.98. The maximum Gasteiger partial charge on any atom is 0.0120 e. The van der Waals surface area contributed by atoms with Crippen LogP contribution in [0.1, 0.15) is 38.5 Å². The van der Waals surface area contributed by atoms with Gasteiger partial charge in [0, 0.05) is 25.7 Å². The minimum atomic E-state index is 0.710. The maximum absolute atomic E-state index is 2.82. The molecule has 4 saturated heterocycles. The molecule has 0 amide bonds. The van der Waals surface area contributed by atoms with Gasteiger partial charge in [-0.15, -0.1) is 0 Å². The van der Waals surface area contributed by atoms with Gasteiger partial charge in [-0.05, 0) is 103 Å². The van der Waals surface area contributed by atoms with Crippen molar-refractivity contribution >= 4 is 0 Å². The Morgan fingerprint density at radius 3 is 1.96 bits per heavy atom. The molecular weight excluding hydrogens is 296 g/mol. The van der Waals surface area contributed by atoms with Gasteiger partial charge in [0.2, 0.25) is 0 Å². The van der Waals surface area contributed by atoms with Gasteiger partial charge in [-0.25, -0.2) is 0 Å². The highest BCUT2D eigenvalue weighted by Crippen LogP contribution is 2.41. The summed E-state index contributed by atoms with van der Waals surface area (Å²) in [5.74, 6) is 0.969. The molecule has 4 nitrogen and oxygen atoms in total. The summed E-state index contributed by atoms with van der Waals surface area (Å²) in [6.07, 6.45) is 8.55. The van der Waals surface area contributed by atoms with Crippen molar-refractivity contribution in [3.8, 4) is 0 Å². The number of hydrogen-bond acceptors (Lipinski definition) is 4. The first-order valence-electron chi connectivity index (χ1n) is 10.5. The zero-order valence-electron chi connectivity index (χ0n) is 16.1. The molecule has 4 aliphatic heterocycles. The first-order chi connectivity index (χ1) is 11.6. The van der Waals surface area contributed by atoms with Crippen molar-refractivity contribution in [2.24, 2.45) is 11.3 Å². The second-order valence-corrected chi connectivity index (χ2v) is 9.49. The largest absolute Gasteiger partial charge is 0.306 e. The molecule has 4 heterocycles. The standard InChI is InChI=1S/C20H38N4/c1-21-9-5-19(6-10-21)24-11-3-18(4-12-24)15-23-16-20(17-23)7-13-22(2)14-8-20/h18-19H,3-17H2,1-2H3. The third kappa shape index (κ3) is 3.82. The fourth-order valence-corrected chi connectivity index (χ4v) is 5.67. The molecule has 0 bridgehead atoms. The Hall–Kier alpha value is -0.160. The van der Waals surface area contributed by atoms with Crippen LogP contribution in [0.4, 0.5) is 0 Å². The quantitative estimate of drug-likeness (QED) is 0.780. The summed E-state index contributed by atoms with van der Waals surface area (Å²) >= 11 is 0. The minimum absolute atomic E-state index is 0.710. The molecule has 0 radical (unpaired) electrons. The summed E-state index contributed by atoms with van der Waals surface area (Å²) in [6, 6.07) is 0.883. The smallest absolute Gasteiger partial charge is 0.0120 e. The molecule has 0 aromatic heterocycles. The van der Waals surface area contributed by atoms with E-state index in [1.807, 2.05) is 0 Å². The van der Waals surface area contributed by atoms with E-state index in [2.05, 4.69) is 33.7 Å². The van der Waals surface area contributed by atoms with Crippen molar-refractivity contribution in [1.82, 2.24) is 19.6 Å². The van der Waals surface area contributed by atoms with Crippen LogP contribution in [0.5, 0.6) is 0 Å². The van der Waals surface area contributed by atoms with Crippen LogP contribution < -0.4 is 0 Å². The number of nitrogens with zero attached hydrogens (tertiary/aromatic N) is 4. The van der Waals surface area contributed by atoms with Crippen LogP contribution in [0.3, 0.4) is 0 Å². The molecule has 0 atom stereocenters. The van der Waals surface area contributed by atoms with Crippen LogP contribution in [0, 0.1) is 11.3 Å². The number of piperidine rings is 3. The van der Waals surface area contributed by atoms with E-state index in [0.717, 1.165) is 12.0 Å². The molecule has 0 N–H and O–H groups in total. The lowest BCUT2D eigenvalue weighted by molar-refractivity contribution is -0.0545. The van der Waals surface area contributed by atoms with Gasteiger partial charge >= 0.3 is 0 Å². The van der Waals surface area contributed by atoms with Gasteiger partial charge < -0.3 is 19.6 Å². The molecular formula is C20H38N4. The Kier molecular flexibility index (Phi) is 5.19. The molecule has 0 aromatic rings. The normalized spacial score (nSPS) is 32.2. The van der Waals surface area contributed by atoms with Crippen molar-refractivity contribution in [3.63, 3.8) is 0 Å². The molecule has 4 rings (SSSR count). The van der Waals surface area contributed by atoms with E-state index in [0.29, 0.717) is 5.41 Å². The van der Waals surface area contributed by atoms with Gasteiger partial charge in [0.1, 0.15) is 0 Å². The molecule has 4 fully saturated rings. The lowest BCUT2D eigenvalue weighted by Gasteiger charge is -2.55. The number of rotatable bonds is 3. The molecule has 0 aliphatic carbocycles. The fraction of sp³-hybridized carbons (Fsp3) is 1.00. The molecule has 0 aromatic carbocycles. The third-order valence-corrected chi connectivity index (χ3v) is 7.54. The van der Waals surface area contributed by atoms with Crippen LogP contribution in [0.25, 0.3) is 0 Å². The Balaban J connectivity index is 1.16. The van der Waals surface area contributed by atoms with Gasteiger partial charge in [-0.1, -0.05) is 0 Å². The average Bonchev–Trinajstić information content (AvgIpc) is 2.57. The molecule has 0 saturated carbocycles. The Bertz CT molecular complexity index is 394. The summed E-state index contributed by atoms with van der Waals surface area (Å²) in [6.45, 7) is 12.2. The van der Waals surface area contributed by atoms with E-state index in [1.165, 1.54) is 97.4 Å². The Labute approximate surface area is 149 Å². The van der Waals surface area contributed by atoms with Gasteiger partial charge in [0.25, 0.3) is 0 Å². The van der Waals surface area contributed by atoms with E-state index in [-0.39, 0.29) is 0 Å². The summed E-state index contributed by atoms with van der Waals surface area (Å²) in [7, 11) is 4.55. The molecule has 4 heteroatoms. The topological polar surface area (TPSA) is 13.0 Å². The SMILES string of the molecule is CN1CCC(N2CCC(CN3CC4(CCN(C)CC4)C3)CC2)CC1. The zero-order valence-corrected chi connectivity index (χ0v) is 16.1. The third-order valence-electron chi connectivity index (χ3n) is 7.54. The molecule has 24 heavy (non-hydrogen) atoms. The van der Waals surface area contributed by atoms with Gasteiger partial charge in [0.15, 0.2) is 0 Å². The highest BCUT2D eigenvalue weighted by Gasteiger charge is 2.44. The summed E-state index contributed by atoms with van der Waals surface area (Å²) < 4.78 is 0. The van der Waals surface area contributed by atoms with Crippen LogP contribution in [0.2, 0.25) is 0 Å². The van der Waals surface area contributed by atoms with Crippen LogP contribution in [-0.2, 0) is 0 Å². The summed E-state index contributed by atoms with van der Waals surface area (Å²) in [5.41, 5.74) is 0.710. The monoisotopic (exact) mass is 334 g/mol. The maximum atomic E-state index is 2.82. The summed E-state index contributed by atoms with van der Waals surface area (Å²) in [4.78, 5) is 10.6. The van der Waals surface area contributed by atoms with E-state index in [1.54, 1.807) is 0 Å². The van der Waals surface area contributed by atoms with Crippen LogP contribution in [0.15, 0.2) is 0 Å². The minimum Gasteiger partial charge on any atom is -0.306 e. The van der Waals surface area contributed by atoms with Crippen molar-refractivity contribution < 1.29 is 0 Å². The first kappa shape index (κ1) is 17.3. The van der Waals surface area contributed by atoms with Crippen molar-refractivity contribution in [1.29, 1.82) is 0 Å². The molecule has 1 spiro atoms. The molecule has 0 unspecified atom stereocenters. The van der Waals surface area contributed by atoms with Crippen molar-refractivity contribution in [3.05, 3.63) is 0 Å². The Morgan fingerprint density at radius 2 is 1.33 bits per heavy atom. The van der Waals surface area contributed by atoms with Gasteiger partial charge in [0.05, 0.1) is 0 Å². The zero-order chi connectivity index (χ0) is 16.6. The number of hydrogen-bond donors (Lipinski definition) is 0. The average molecular weight is 335 g/mol. The second-order valence-electron chi connectivity index (χ2n) is 9.49. The molecule has 138 valence electrons. The predicted octanol–water partition coefficient (Wildman–Crippen LogP) is 1.82. The van der Waals surface area contributed by atoms with Crippen LogP contribution >= 0.6 is 0 Å². The lowest BCUT2D eigenvalue weighted by Crippen LogP contribution is -2.61. The Morgan fingerprint density at radius 1 is 0.750 bits per heavy atom. The highest BCUT2D eigenvalue weighted by atomic mass is 15.2. The lowest BCUT2D eigenvalue weighted by atomic mass is 9.71. The van der Waals surface area contributed by atoms with E-state index < -0.39 is 0 Å². The van der Waals surface area contributed by atoms with E-state index in [9.17, 15) is 0 Å². The number of likely N-dealkylation sites (tertiary alicyclic amines) is 4. The molecule has 4 aliphatic rings.